The Kier molecular flexibility index (Phi) is 4.24. The van der Waals surface area contributed by atoms with Crippen LogP contribution in [0.2, 0.25) is 0 Å². The van der Waals surface area contributed by atoms with E-state index in [-0.39, 0.29) is 12.4 Å². The van der Waals surface area contributed by atoms with Gasteiger partial charge in [-0.3, -0.25) is 0 Å². The van der Waals surface area contributed by atoms with Crippen molar-refractivity contribution < 1.29 is 19.7 Å². The molecule has 1 aromatic rings. The Morgan fingerprint density at radius 3 is 2.60 bits per heavy atom. The Labute approximate surface area is 89.1 Å². The number of phenolic OH excluding ortho intramolecular Hbond substituents is 1. The normalized spacial score (nSPS) is 10.1. The number of hydrogen-bond donors (Lipinski definition) is 2. The van der Waals surface area contributed by atoms with Crippen LogP contribution in [0.3, 0.4) is 0 Å². The highest BCUT2D eigenvalue weighted by Gasteiger charge is 2.11. The third kappa shape index (κ3) is 2.76. The molecule has 4 nitrogen and oxygen atoms in total. The predicted octanol–water partition coefficient (Wildman–Crippen LogP) is 1.33. The first-order valence-corrected chi connectivity index (χ1v) is 4.86. The molecule has 0 amide bonds. The molecule has 0 atom stereocenters. The van der Waals surface area contributed by atoms with Gasteiger partial charge in [-0.1, -0.05) is 0 Å². The zero-order chi connectivity index (χ0) is 11.3. The van der Waals surface area contributed by atoms with E-state index in [0.29, 0.717) is 24.5 Å². The fraction of sp³-hybridized carbons (Fsp3) is 0.455. The van der Waals surface area contributed by atoms with Gasteiger partial charge in [0.15, 0.2) is 11.5 Å². The molecule has 0 unspecified atom stereocenters. The van der Waals surface area contributed by atoms with Crippen molar-refractivity contribution in [1.82, 2.24) is 0 Å². The topological polar surface area (TPSA) is 58.9 Å². The highest BCUT2D eigenvalue weighted by Crippen LogP contribution is 2.37. The van der Waals surface area contributed by atoms with E-state index < -0.39 is 0 Å². The summed E-state index contributed by atoms with van der Waals surface area (Å²) in [7, 11) is 1.48. The summed E-state index contributed by atoms with van der Waals surface area (Å²) in [5.74, 6) is 0.869. The fourth-order valence-electron chi connectivity index (χ4n) is 1.38. The molecule has 15 heavy (non-hydrogen) atoms. The van der Waals surface area contributed by atoms with Crippen molar-refractivity contribution in [2.75, 3.05) is 20.3 Å². The zero-order valence-electron chi connectivity index (χ0n) is 8.99. The third-order valence-electron chi connectivity index (χ3n) is 2.00. The van der Waals surface area contributed by atoms with E-state index in [1.165, 1.54) is 7.11 Å². The Hall–Kier alpha value is -1.42. The second-order valence-corrected chi connectivity index (χ2v) is 3.05. The summed E-state index contributed by atoms with van der Waals surface area (Å²) in [5, 5.41) is 18.4. The van der Waals surface area contributed by atoms with Gasteiger partial charge in [0.25, 0.3) is 0 Å². The number of rotatable bonds is 5. The van der Waals surface area contributed by atoms with Crippen LogP contribution in [0.25, 0.3) is 0 Å². The molecule has 0 aliphatic heterocycles. The van der Waals surface area contributed by atoms with Gasteiger partial charge in [-0.15, -0.1) is 0 Å². The van der Waals surface area contributed by atoms with Crippen LogP contribution in [-0.4, -0.2) is 30.5 Å². The Morgan fingerprint density at radius 2 is 2.07 bits per heavy atom. The van der Waals surface area contributed by atoms with Crippen LogP contribution < -0.4 is 9.47 Å². The van der Waals surface area contributed by atoms with E-state index >= 15 is 0 Å². The molecule has 0 saturated heterocycles. The number of phenols is 1. The van der Waals surface area contributed by atoms with Crippen molar-refractivity contribution in [2.24, 2.45) is 0 Å². The molecule has 84 valence electrons. The number of benzene rings is 1. The van der Waals surface area contributed by atoms with Crippen LogP contribution >= 0.6 is 0 Å². The maximum Gasteiger partial charge on any atom is 0.203 e. The first-order chi connectivity index (χ1) is 7.22. The van der Waals surface area contributed by atoms with E-state index in [1.807, 2.05) is 6.92 Å². The molecule has 0 bridgehead atoms. The van der Waals surface area contributed by atoms with Gasteiger partial charge in [0.2, 0.25) is 5.75 Å². The lowest BCUT2D eigenvalue weighted by atomic mass is 10.1. The van der Waals surface area contributed by atoms with Crippen LogP contribution in [0.1, 0.15) is 12.5 Å². The highest BCUT2D eigenvalue weighted by atomic mass is 16.5. The van der Waals surface area contributed by atoms with Gasteiger partial charge < -0.3 is 19.7 Å². The summed E-state index contributed by atoms with van der Waals surface area (Å²) in [4.78, 5) is 0. The fourth-order valence-corrected chi connectivity index (χ4v) is 1.38. The van der Waals surface area contributed by atoms with Crippen LogP contribution in [0.5, 0.6) is 17.2 Å². The Balaban J connectivity index is 3.07. The van der Waals surface area contributed by atoms with Crippen LogP contribution in [0.15, 0.2) is 12.1 Å². The average Bonchev–Trinajstić information content (AvgIpc) is 2.18. The number of aromatic hydroxyl groups is 1. The van der Waals surface area contributed by atoms with Gasteiger partial charge >= 0.3 is 0 Å². The first kappa shape index (κ1) is 11.7. The number of methoxy groups -OCH3 is 1. The van der Waals surface area contributed by atoms with E-state index in [1.54, 1.807) is 12.1 Å². The van der Waals surface area contributed by atoms with Crippen molar-refractivity contribution in [1.29, 1.82) is 0 Å². The second-order valence-electron chi connectivity index (χ2n) is 3.05. The predicted molar refractivity (Wildman–Crippen MR) is 56.6 cm³/mol. The van der Waals surface area contributed by atoms with E-state index in [2.05, 4.69) is 0 Å². The molecule has 1 rings (SSSR count). The molecule has 0 spiro atoms. The molecule has 0 fully saturated rings. The van der Waals surface area contributed by atoms with E-state index in [4.69, 9.17) is 14.6 Å². The van der Waals surface area contributed by atoms with Gasteiger partial charge in [0.1, 0.15) is 0 Å². The lowest BCUT2D eigenvalue weighted by Gasteiger charge is -2.12. The lowest BCUT2D eigenvalue weighted by molar-refractivity contribution is 0.293. The molecule has 1 aromatic carbocycles. The van der Waals surface area contributed by atoms with Gasteiger partial charge in [-0.2, -0.15) is 0 Å². The molecule has 0 heterocycles. The summed E-state index contributed by atoms with van der Waals surface area (Å²) in [6, 6.07) is 3.33. The maximum absolute atomic E-state index is 9.64. The molecule has 4 heteroatoms. The Bertz CT molecular complexity index is 323. The smallest absolute Gasteiger partial charge is 0.203 e. The average molecular weight is 212 g/mol. The minimum absolute atomic E-state index is 0.0342. The van der Waals surface area contributed by atoms with Crippen LogP contribution in [0, 0.1) is 0 Å². The first-order valence-electron chi connectivity index (χ1n) is 4.86. The Morgan fingerprint density at radius 1 is 1.33 bits per heavy atom. The van der Waals surface area contributed by atoms with E-state index in [9.17, 15) is 5.11 Å². The van der Waals surface area contributed by atoms with Gasteiger partial charge in [-0.25, -0.2) is 0 Å². The van der Waals surface area contributed by atoms with Gasteiger partial charge in [0.05, 0.1) is 13.7 Å². The number of aliphatic hydroxyl groups excluding tert-OH is 1. The molecule has 0 aliphatic rings. The SMILES string of the molecule is CCOc1cc(CCO)cc(O)c1OC. The van der Waals surface area contributed by atoms with Crippen molar-refractivity contribution in [2.45, 2.75) is 13.3 Å². The molecular weight excluding hydrogens is 196 g/mol. The van der Waals surface area contributed by atoms with Crippen molar-refractivity contribution in [3.63, 3.8) is 0 Å². The molecule has 0 saturated carbocycles. The summed E-state index contributed by atoms with van der Waals surface area (Å²) >= 11 is 0. The van der Waals surface area contributed by atoms with Gasteiger partial charge in [-0.05, 0) is 31.0 Å². The summed E-state index contributed by atoms with van der Waals surface area (Å²) in [5.41, 5.74) is 0.819. The third-order valence-corrected chi connectivity index (χ3v) is 2.00. The quantitative estimate of drug-likeness (QED) is 0.773. The van der Waals surface area contributed by atoms with Crippen LogP contribution in [-0.2, 0) is 6.42 Å². The minimum Gasteiger partial charge on any atom is -0.504 e. The van der Waals surface area contributed by atoms with Crippen molar-refractivity contribution in [3.8, 4) is 17.2 Å². The molecule has 0 aromatic heterocycles. The largest absolute Gasteiger partial charge is 0.504 e. The van der Waals surface area contributed by atoms with Crippen molar-refractivity contribution in [3.05, 3.63) is 17.7 Å². The van der Waals surface area contributed by atoms with Crippen LogP contribution in [0.4, 0.5) is 0 Å². The van der Waals surface area contributed by atoms with Crippen molar-refractivity contribution >= 4 is 0 Å². The second kappa shape index (κ2) is 5.46. The number of hydrogen-bond acceptors (Lipinski definition) is 4. The number of ether oxygens (including phenoxy) is 2. The molecule has 2 N–H and O–H groups in total. The van der Waals surface area contributed by atoms with Gasteiger partial charge in [0, 0.05) is 6.61 Å². The maximum atomic E-state index is 9.64. The molecular formula is C11H16O4. The summed E-state index contributed by atoms with van der Waals surface area (Å²) in [6.45, 7) is 2.39. The monoisotopic (exact) mass is 212 g/mol. The highest BCUT2D eigenvalue weighted by molar-refractivity contribution is 5.53. The molecule has 0 radical (unpaired) electrons. The lowest BCUT2D eigenvalue weighted by Crippen LogP contribution is -1.98. The van der Waals surface area contributed by atoms with E-state index in [0.717, 1.165) is 5.56 Å². The summed E-state index contributed by atoms with van der Waals surface area (Å²) < 4.78 is 10.4. The summed E-state index contributed by atoms with van der Waals surface area (Å²) in [6.07, 6.45) is 0.484. The standard InChI is InChI=1S/C11H16O4/c1-3-15-10-7-8(4-5-12)6-9(13)11(10)14-2/h6-7,12-13H,3-5H2,1-2H3. The zero-order valence-corrected chi connectivity index (χ0v) is 8.99. The minimum atomic E-state index is 0.0342. The number of aliphatic hydroxyl groups is 1. The molecule has 0 aliphatic carbocycles.